The summed E-state index contributed by atoms with van der Waals surface area (Å²) in [7, 11) is 1.48. The summed E-state index contributed by atoms with van der Waals surface area (Å²) in [5, 5.41) is 11.5. The van der Waals surface area contributed by atoms with E-state index in [9.17, 15) is 9.59 Å². The van der Waals surface area contributed by atoms with Gasteiger partial charge in [0.05, 0.1) is 19.4 Å². The minimum absolute atomic E-state index is 0.0336. The van der Waals surface area contributed by atoms with Gasteiger partial charge in [0.1, 0.15) is 12.2 Å². The number of aliphatic hydroxyl groups excluding tert-OH is 1. The van der Waals surface area contributed by atoms with Crippen LogP contribution in [-0.2, 0) is 9.59 Å². The van der Waals surface area contributed by atoms with Gasteiger partial charge in [-0.25, -0.2) is 0 Å². The zero-order valence-corrected chi connectivity index (χ0v) is 16.8. The lowest BCUT2D eigenvalue weighted by molar-refractivity contribution is -0.122. The summed E-state index contributed by atoms with van der Waals surface area (Å²) in [6.07, 6.45) is 1.47. The molecule has 0 radical (unpaired) electrons. The highest BCUT2D eigenvalue weighted by molar-refractivity contribution is 7.80. The number of rotatable bonds is 6. The molecule has 0 atom stereocenters. The van der Waals surface area contributed by atoms with Crippen LogP contribution < -0.4 is 19.7 Å². The number of ether oxygens (including phenoxy) is 2. The van der Waals surface area contributed by atoms with E-state index < -0.39 is 11.8 Å². The molecule has 7 nitrogen and oxygen atoms in total. The Morgan fingerprint density at radius 2 is 1.86 bits per heavy atom. The van der Waals surface area contributed by atoms with Crippen molar-refractivity contribution in [3.8, 4) is 11.5 Å². The quantitative estimate of drug-likeness (QED) is 0.430. The smallest absolute Gasteiger partial charge is 0.270 e. The maximum atomic E-state index is 13.0. The lowest BCUT2D eigenvalue weighted by Crippen LogP contribution is -2.54. The van der Waals surface area contributed by atoms with Crippen molar-refractivity contribution >= 4 is 40.9 Å². The molecule has 8 heteroatoms. The van der Waals surface area contributed by atoms with Crippen molar-refractivity contribution in [3.63, 3.8) is 0 Å². The van der Waals surface area contributed by atoms with Gasteiger partial charge in [-0.3, -0.25) is 19.8 Å². The summed E-state index contributed by atoms with van der Waals surface area (Å²) in [5.41, 5.74) is 2.14. The van der Waals surface area contributed by atoms with Gasteiger partial charge >= 0.3 is 0 Å². The normalized spacial score (nSPS) is 15.5. The molecule has 2 amide bonds. The largest absolute Gasteiger partial charge is 0.493 e. The first-order valence-corrected chi connectivity index (χ1v) is 9.25. The van der Waals surface area contributed by atoms with Crippen LogP contribution in [0.4, 0.5) is 5.69 Å². The molecule has 0 bridgehead atoms. The van der Waals surface area contributed by atoms with E-state index in [1.54, 1.807) is 30.3 Å². The van der Waals surface area contributed by atoms with E-state index in [2.05, 4.69) is 5.32 Å². The number of hydrogen-bond acceptors (Lipinski definition) is 6. The van der Waals surface area contributed by atoms with Crippen LogP contribution in [0.15, 0.2) is 48.0 Å². The second kappa shape index (κ2) is 8.85. The van der Waals surface area contributed by atoms with Crippen LogP contribution in [0.25, 0.3) is 6.08 Å². The third-order valence-electron chi connectivity index (χ3n) is 4.24. The van der Waals surface area contributed by atoms with Crippen LogP contribution in [0.2, 0.25) is 0 Å². The van der Waals surface area contributed by atoms with Crippen molar-refractivity contribution < 1.29 is 24.2 Å². The summed E-state index contributed by atoms with van der Waals surface area (Å²) in [6.45, 7) is 1.94. The number of carbonyl (C=O) groups excluding carboxylic acids is 2. The molecule has 2 aromatic carbocycles. The average Bonchev–Trinajstić information content (AvgIpc) is 2.71. The molecular weight excluding hydrogens is 392 g/mol. The number of hydrogen-bond donors (Lipinski definition) is 2. The topological polar surface area (TPSA) is 88.1 Å². The summed E-state index contributed by atoms with van der Waals surface area (Å²) >= 11 is 5.20. The van der Waals surface area contributed by atoms with Crippen LogP contribution in [0, 0.1) is 6.92 Å². The van der Waals surface area contributed by atoms with Crippen molar-refractivity contribution in [1.82, 2.24) is 5.32 Å². The van der Waals surface area contributed by atoms with Crippen LogP contribution in [0.5, 0.6) is 11.5 Å². The zero-order chi connectivity index (χ0) is 21.0. The van der Waals surface area contributed by atoms with Gasteiger partial charge in [-0.2, -0.15) is 0 Å². The fraction of sp³-hybridized carbons (Fsp3) is 0.190. The average molecular weight is 412 g/mol. The Labute approximate surface area is 173 Å². The Kier molecular flexibility index (Phi) is 6.26. The summed E-state index contributed by atoms with van der Waals surface area (Å²) in [6, 6.07) is 12.2. The highest BCUT2D eigenvalue weighted by atomic mass is 32.1. The molecule has 1 fully saturated rings. The van der Waals surface area contributed by atoms with E-state index in [0.29, 0.717) is 22.7 Å². The van der Waals surface area contributed by atoms with Crippen molar-refractivity contribution in [3.05, 3.63) is 59.2 Å². The van der Waals surface area contributed by atoms with Crippen LogP contribution >= 0.6 is 12.2 Å². The first kappa shape index (κ1) is 20.5. The van der Waals surface area contributed by atoms with E-state index in [-0.39, 0.29) is 23.9 Å². The fourth-order valence-electron chi connectivity index (χ4n) is 2.80. The summed E-state index contributed by atoms with van der Waals surface area (Å²) in [5.74, 6) is -0.210. The molecule has 1 saturated heterocycles. The van der Waals surface area contributed by atoms with Crippen molar-refractivity contribution in [2.45, 2.75) is 6.92 Å². The minimum Gasteiger partial charge on any atom is -0.493 e. The van der Waals surface area contributed by atoms with E-state index in [0.717, 1.165) is 5.56 Å². The van der Waals surface area contributed by atoms with Crippen molar-refractivity contribution in [2.75, 3.05) is 25.2 Å². The van der Waals surface area contributed by atoms with E-state index in [4.69, 9.17) is 26.8 Å². The third-order valence-corrected chi connectivity index (χ3v) is 4.53. The van der Waals surface area contributed by atoms with Crippen LogP contribution in [0.3, 0.4) is 0 Å². The number of anilines is 1. The molecule has 29 heavy (non-hydrogen) atoms. The zero-order valence-electron chi connectivity index (χ0n) is 16.0. The Morgan fingerprint density at radius 3 is 2.52 bits per heavy atom. The van der Waals surface area contributed by atoms with Crippen molar-refractivity contribution in [2.24, 2.45) is 0 Å². The number of aryl methyl sites for hydroxylation is 1. The number of thiocarbonyl (C=S) groups is 1. The second-order valence-corrected chi connectivity index (χ2v) is 6.66. The molecule has 0 aromatic heterocycles. The second-order valence-electron chi connectivity index (χ2n) is 6.28. The Balaban J connectivity index is 1.95. The number of nitrogens with zero attached hydrogens (tertiary/aromatic N) is 1. The van der Waals surface area contributed by atoms with Gasteiger partial charge in [-0.1, -0.05) is 23.8 Å². The summed E-state index contributed by atoms with van der Waals surface area (Å²) in [4.78, 5) is 26.7. The van der Waals surface area contributed by atoms with Gasteiger partial charge in [0.2, 0.25) is 0 Å². The molecule has 0 aliphatic carbocycles. The lowest BCUT2D eigenvalue weighted by Gasteiger charge is -2.29. The molecule has 2 N–H and O–H groups in total. The molecule has 1 aliphatic heterocycles. The van der Waals surface area contributed by atoms with Gasteiger partial charge in [0, 0.05) is 0 Å². The van der Waals surface area contributed by atoms with Gasteiger partial charge in [-0.05, 0) is 55.0 Å². The van der Waals surface area contributed by atoms with Gasteiger partial charge < -0.3 is 14.6 Å². The molecule has 1 heterocycles. The fourth-order valence-corrected chi connectivity index (χ4v) is 3.08. The molecule has 2 aromatic rings. The van der Waals surface area contributed by atoms with E-state index >= 15 is 0 Å². The minimum atomic E-state index is -0.567. The number of benzene rings is 2. The standard InChI is InChI=1S/C21H20N2O5S/c1-13-3-6-15(7-4-13)23-20(26)16(19(25)22-21(23)29)11-14-5-8-17(28-10-9-24)18(12-14)27-2/h3-8,11-12,24H,9-10H2,1-2H3,(H,22,25,29)/b16-11+. The van der Waals surface area contributed by atoms with Crippen LogP contribution in [0.1, 0.15) is 11.1 Å². The SMILES string of the molecule is COc1cc(/C=C2\C(=O)NC(=S)N(c3ccc(C)cc3)C2=O)ccc1OCCO. The highest BCUT2D eigenvalue weighted by Gasteiger charge is 2.34. The first-order valence-electron chi connectivity index (χ1n) is 8.84. The van der Waals surface area contributed by atoms with Crippen molar-refractivity contribution in [1.29, 1.82) is 0 Å². The first-order chi connectivity index (χ1) is 13.9. The Hall–Kier alpha value is -3.23. The Morgan fingerprint density at radius 1 is 1.14 bits per heavy atom. The highest BCUT2D eigenvalue weighted by Crippen LogP contribution is 2.30. The molecule has 0 saturated carbocycles. The van der Waals surface area contributed by atoms with E-state index in [1.807, 2.05) is 19.1 Å². The Bertz CT molecular complexity index is 985. The predicted molar refractivity (Wildman–Crippen MR) is 113 cm³/mol. The number of carbonyl (C=O) groups is 2. The maximum Gasteiger partial charge on any atom is 0.270 e. The third kappa shape index (κ3) is 4.44. The van der Waals surface area contributed by atoms with E-state index in [1.165, 1.54) is 18.1 Å². The number of methoxy groups -OCH3 is 1. The van der Waals surface area contributed by atoms with Gasteiger partial charge in [0.25, 0.3) is 11.8 Å². The molecular formula is C21H20N2O5S. The molecule has 0 spiro atoms. The molecule has 3 rings (SSSR count). The lowest BCUT2D eigenvalue weighted by atomic mass is 10.1. The van der Waals surface area contributed by atoms with Gasteiger partial charge in [0.15, 0.2) is 16.6 Å². The predicted octanol–water partition coefficient (Wildman–Crippen LogP) is 2.21. The molecule has 1 aliphatic rings. The van der Waals surface area contributed by atoms with Gasteiger partial charge in [-0.15, -0.1) is 0 Å². The molecule has 0 unspecified atom stereocenters. The number of nitrogens with one attached hydrogen (secondary N) is 1. The van der Waals surface area contributed by atoms with Crippen LogP contribution in [-0.4, -0.2) is 42.4 Å². The number of amides is 2. The maximum absolute atomic E-state index is 13.0. The number of aliphatic hydroxyl groups is 1. The molecule has 150 valence electrons. The summed E-state index contributed by atoms with van der Waals surface area (Å²) < 4.78 is 10.7. The monoisotopic (exact) mass is 412 g/mol.